The Kier molecular flexibility index (Phi) is 11.5. The fraction of sp³-hybridized carbons (Fsp3) is 0.333. The molecule has 3 aromatic rings. The van der Waals surface area contributed by atoms with Crippen LogP contribution < -0.4 is 14.4 Å². The van der Waals surface area contributed by atoms with Crippen LogP contribution in [0.2, 0.25) is 10.0 Å². The number of halogens is 2. The van der Waals surface area contributed by atoms with Crippen molar-refractivity contribution >= 4 is 50.7 Å². The minimum Gasteiger partial charge on any atom is -0.492 e. The average Bonchev–Trinajstić information content (AvgIpc) is 2.95. The summed E-state index contributed by atoms with van der Waals surface area (Å²) >= 11 is 12.3. The zero-order valence-corrected chi connectivity index (χ0v) is 25.9. The maximum Gasteiger partial charge on any atom is 0.264 e. The summed E-state index contributed by atoms with van der Waals surface area (Å²) in [7, 11) is -4.22. The third kappa shape index (κ3) is 8.15. The summed E-state index contributed by atoms with van der Waals surface area (Å²) in [5.41, 5.74) is 1.73. The molecular weight excluding hydrogens is 585 g/mol. The van der Waals surface area contributed by atoms with E-state index < -0.39 is 28.5 Å². The van der Waals surface area contributed by atoms with Crippen LogP contribution >= 0.6 is 23.2 Å². The minimum atomic E-state index is -4.22. The van der Waals surface area contributed by atoms with Crippen LogP contribution in [0.25, 0.3) is 0 Å². The highest BCUT2D eigenvalue weighted by atomic mass is 35.5. The minimum absolute atomic E-state index is 0.00194. The van der Waals surface area contributed by atoms with Crippen LogP contribution in [0.5, 0.6) is 5.75 Å². The molecule has 0 saturated carbocycles. The Morgan fingerprint density at radius 2 is 1.66 bits per heavy atom. The van der Waals surface area contributed by atoms with Crippen molar-refractivity contribution in [1.82, 2.24) is 10.2 Å². The molecule has 1 N–H and O–H groups in total. The summed E-state index contributed by atoms with van der Waals surface area (Å²) < 4.78 is 34.8. The molecular formula is C30H35Cl2N3O5S. The van der Waals surface area contributed by atoms with E-state index in [9.17, 15) is 18.0 Å². The molecule has 0 aromatic heterocycles. The van der Waals surface area contributed by atoms with Gasteiger partial charge in [0, 0.05) is 13.1 Å². The van der Waals surface area contributed by atoms with Crippen molar-refractivity contribution in [2.45, 2.75) is 51.6 Å². The number of aryl methyl sites for hydroxylation is 1. The van der Waals surface area contributed by atoms with Gasteiger partial charge in [-0.25, -0.2) is 8.42 Å². The maximum atomic E-state index is 14.0. The highest BCUT2D eigenvalue weighted by Gasteiger charge is 2.33. The van der Waals surface area contributed by atoms with Crippen LogP contribution in [0.15, 0.2) is 71.6 Å². The van der Waals surface area contributed by atoms with Crippen LogP contribution in [0.4, 0.5) is 5.69 Å². The van der Waals surface area contributed by atoms with Gasteiger partial charge < -0.3 is 15.0 Å². The summed E-state index contributed by atoms with van der Waals surface area (Å²) in [6.07, 6.45) is 0.718. The standard InChI is InChI=1S/C30H35Cl2N3O5S/c1-5-17-33-30(37)22(4)34(19-23-13-16-25(31)26(32)18-23)29(36)20-35(27-9-7-8-10-28(27)40-6-2)41(38,39)24-14-11-21(3)12-15-24/h7-16,18,22H,5-6,17,19-20H2,1-4H3,(H,33,37)/t22-/m1/s1. The van der Waals surface area contributed by atoms with Crippen LogP contribution in [0.3, 0.4) is 0 Å². The molecule has 41 heavy (non-hydrogen) atoms. The Bertz CT molecular complexity index is 1470. The van der Waals surface area contributed by atoms with Gasteiger partial charge in [0.2, 0.25) is 11.8 Å². The lowest BCUT2D eigenvalue weighted by Crippen LogP contribution is -2.51. The zero-order valence-electron chi connectivity index (χ0n) is 23.6. The lowest BCUT2D eigenvalue weighted by Gasteiger charge is -2.32. The Morgan fingerprint density at radius 3 is 2.29 bits per heavy atom. The van der Waals surface area contributed by atoms with Gasteiger partial charge >= 0.3 is 0 Å². The number of anilines is 1. The topological polar surface area (TPSA) is 96.0 Å². The average molecular weight is 621 g/mol. The second-order valence-electron chi connectivity index (χ2n) is 9.46. The molecule has 8 nitrogen and oxygen atoms in total. The summed E-state index contributed by atoms with van der Waals surface area (Å²) in [5, 5.41) is 3.47. The van der Waals surface area contributed by atoms with Gasteiger partial charge in [0.05, 0.1) is 27.2 Å². The Labute approximate surface area is 252 Å². The first-order valence-electron chi connectivity index (χ1n) is 13.3. The van der Waals surface area contributed by atoms with E-state index in [1.165, 1.54) is 17.0 Å². The molecule has 220 valence electrons. The molecule has 0 radical (unpaired) electrons. The Hall–Kier alpha value is -3.27. The first-order chi connectivity index (χ1) is 19.5. The molecule has 3 rings (SSSR count). The summed E-state index contributed by atoms with van der Waals surface area (Å²) in [4.78, 5) is 28.4. The lowest BCUT2D eigenvalue weighted by atomic mass is 10.1. The number of rotatable bonds is 13. The predicted octanol–water partition coefficient (Wildman–Crippen LogP) is 5.84. The molecule has 0 bridgehead atoms. The predicted molar refractivity (Wildman–Crippen MR) is 163 cm³/mol. The number of ether oxygens (including phenoxy) is 1. The molecule has 3 aromatic carbocycles. The second kappa shape index (κ2) is 14.6. The number of nitrogens with one attached hydrogen (secondary N) is 1. The van der Waals surface area contributed by atoms with Gasteiger partial charge in [-0.15, -0.1) is 0 Å². The fourth-order valence-electron chi connectivity index (χ4n) is 4.10. The van der Waals surface area contributed by atoms with Gasteiger partial charge in [-0.05, 0) is 69.2 Å². The van der Waals surface area contributed by atoms with Gasteiger partial charge in [-0.1, -0.05) is 66.0 Å². The van der Waals surface area contributed by atoms with Crippen LogP contribution in [0.1, 0.15) is 38.3 Å². The highest BCUT2D eigenvalue weighted by Crippen LogP contribution is 2.33. The molecule has 0 unspecified atom stereocenters. The van der Waals surface area contributed by atoms with E-state index in [1.807, 2.05) is 13.8 Å². The van der Waals surface area contributed by atoms with Crippen molar-refractivity contribution < 1.29 is 22.7 Å². The first-order valence-corrected chi connectivity index (χ1v) is 15.5. The number of amides is 2. The maximum absolute atomic E-state index is 14.0. The second-order valence-corrected chi connectivity index (χ2v) is 12.1. The smallest absolute Gasteiger partial charge is 0.264 e. The molecule has 0 saturated heterocycles. The number of sulfonamides is 1. The molecule has 0 aliphatic carbocycles. The first kappa shape index (κ1) is 32.2. The molecule has 0 heterocycles. The number of hydrogen-bond donors (Lipinski definition) is 1. The van der Waals surface area contributed by atoms with Crippen molar-refractivity contribution in [3.8, 4) is 5.75 Å². The van der Waals surface area contributed by atoms with E-state index in [2.05, 4.69) is 5.32 Å². The van der Waals surface area contributed by atoms with Gasteiger partial charge in [0.25, 0.3) is 10.0 Å². The molecule has 0 fully saturated rings. The number of carbonyl (C=O) groups is 2. The summed E-state index contributed by atoms with van der Waals surface area (Å²) in [6, 6.07) is 17.0. The summed E-state index contributed by atoms with van der Waals surface area (Å²) in [6.45, 7) is 7.33. The molecule has 2 amide bonds. The zero-order chi connectivity index (χ0) is 30.2. The molecule has 11 heteroatoms. The van der Waals surface area contributed by atoms with Crippen molar-refractivity contribution in [3.63, 3.8) is 0 Å². The van der Waals surface area contributed by atoms with Crippen molar-refractivity contribution in [1.29, 1.82) is 0 Å². The van der Waals surface area contributed by atoms with Crippen LogP contribution in [0, 0.1) is 6.92 Å². The van der Waals surface area contributed by atoms with Gasteiger partial charge in [0.1, 0.15) is 18.3 Å². The number of nitrogens with zero attached hydrogens (tertiary/aromatic N) is 2. The van der Waals surface area contributed by atoms with Gasteiger partial charge in [-0.3, -0.25) is 13.9 Å². The number of hydrogen-bond acceptors (Lipinski definition) is 5. The van der Waals surface area contributed by atoms with E-state index >= 15 is 0 Å². The van der Waals surface area contributed by atoms with Gasteiger partial charge in [-0.2, -0.15) is 0 Å². The number of carbonyl (C=O) groups excluding carboxylic acids is 2. The largest absolute Gasteiger partial charge is 0.492 e. The number of para-hydroxylation sites is 2. The van der Waals surface area contributed by atoms with E-state index in [1.54, 1.807) is 68.4 Å². The Balaban J connectivity index is 2.08. The van der Waals surface area contributed by atoms with Crippen molar-refractivity contribution in [2.75, 3.05) is 24.0 Å². The molecule has 0 aliphatic heterocycles. The normalized spacial score (nSPS) is 12.0. The van der Waals surface area contributed by atoms with Crippen molar-refractivity contribution in [2.24, 2.45) is 0 Å². The quantitative estimate of drug-likeness (QED) is 0.259. The Morgan fingerprint density at radius 1 is 0.976 bits per heavy atom. The van der Waals surface area contributed by atoms with Gasteiger partial charge in [0.15, 0.2) is 0 Å². The molecule has 0 spiro atoms. The van der Waals surface area contributed by atoms with Crippen molar-refractivity contribution in [3.05, 3.63) is 87.9 Å². The number of benzene rings is 3. The van der Waals surface area contributed by atoms with Crippen LogP contribution in [-0.4, -0.2) is 50.9 Å². The third-order valence-electron chi connectivity index (χ3n) is 6.38. The highest BCUT2D eigenvalue weighted by molar-refractivity contribution is 7.92. The monoisotopic (exact) mass is 619 g/mol. The summed E-state index contributed by atoms with van der Waals surface area (Å²) in [5.74, 6) is -0.636. The fourth-order valence-corrected chi connectivity index (χ4v) is 5.85. The van der Waals surface area contributed by atoms with E-state index in [0.717, 1.165) is 16.3 Å². The molecule has 1 atom stereocenters. The van der Waals surface area contributed by atoms with E-state index in [-0.39, 0.29) is 23.0 Å². The third-order valence-corrected chi connectivity index (χ3v) is 8.89. The van der Waals surface area contributed by atoms with E-state index in [4.69, 9.17) is 27.9 Å². The van der Waals surface area contributed by atoms with Crippen LogP contribution in [-0.2, 0) is 26.2 Å². The SMILES string of the molecule is CCCNC(=O)[C@@H](C)N(Cc1ccc(Cl)c(Cl)c1)C(=O)CN(c1ccccc1OCC)S(=O)(=O)c1ccc(C)cc1. The van der Waals surface area contributed by atoms with E-state index in [0.29, 0.717) is 34.5 Å². The molecule has 0 aliphatic rings. The lowest BCUT2D eigenvalue weighted by molar-refractivity contribution is -0.139.